The maximum absolute atomic E-state index is 12.4. The Morgan fingerprint density at radius 2 is 1.88 bits per heavy atom. The number of carbonyl (C=O) groups excluding carboxylic acids is 1. The Hall–Kier alpha value is -4.66. The molecule has 170 valence electrons. The molecule has 34 heavy (non-hydrogen) atoms. The number of esters is 1. The number of para-hydroxylation sites is 1. The Kier molecular flexibility index (Phi) is 5.43. The zero-order valence-corrected chi connectivity index (χ0v) is 18.4. The van der Waals surface area contributed by atoms with E-state index in [0.29, 0.717) is 40.3 Å². The minimum absolute atomic E-state index is 0.329. The van der Waals surface area contributed by atoms with Crippen LogP contribution in [0.3, 0.4) is 0 Å². The number of aromatic nitrogens is 4. The number of ether oxygens (including phenoxy) is 2. The van der Waals surface area contributed by atoms with Crippen molar-refractivity contribution in [2.45, 2.75) is 6.92 Å². The fourth-order valence-corrected chi connectivity index (χ4v) is 3.97. The first kappa shape index (κ1) is 21.2. The lowest BCUT2D eigenvalue weighted by Crippen LogP contribution is -2.05. The molecule has 0 unspecified atom stereocenters. The summed E-state index contributed by atoms with van der Waals surface area (Å²) in [5, 5.41) is 3.83. The van der Waals surface area contributed by atoms with Crippen LogP contribution in [0.2, 0.25) is 0 Å². The van der Waals surface area contributed by atoms with Crippen LogP contribution >= 0.6 is 0 Å². The molecule has 2 heterocycles. The lowest BCUT2D eigenvalue weighted by Gasteiger charge is -2.15. The number of carbonyl (C=O) groups is 1. The summed E-state index contributed by atoms with van der Waals surface area (Å²) in [4.78, 5) is 30.9. The molecule has 9 heteroatoms. The Labute approximate surface area is 193 Å². The highest BCUT2D eigenvalue weighted by Crippen LogP contribution is 2.38. The molecule has 0 bridgehead atoms. The predicted molar refractivity (Wildman–Crippen MR) is 125 cm³/mol. The number of hydrogen-bond donors (Lipinski definition) is 1. The molecule has 5 rings (SSSR count). The number of rotatable bonds is 6. The summed E-state index contributed by atoms with van der Waals surface area (Å²) >= 11 is 0. The van der Waals surface area contributed by atoms with Crippen LogP contribution in [-0.4, -0.2) is 39.4 Å². The maximum atomic E-state index is 12.4. The van der Waals surface area contributed by atoms with Gasteiger partial charge in [-0.05, 0) is 36.8 Å². The molecule has 3 aromatic carbocycles. The molecule has 9 nitrogen and oxygen atoms in total. The molecule has 0 atom stereocenters. The second-order valence-corrected chi connectivity index (χ2v) is 7.38. The molecule has 0 saturated carbocycles. The SMILES string of the molecule is CCOc1cc(-n2cnc3cccc(C(=O)OC)c32)ccc1-c1ccccc1-c1noc(=O)[nH]1. The Morgan fingerprint density at radius 1 is 1.06 bits per heavy atom. The van der Waals surface area contributed by atoms with Gasteiger partial charge in [-0.15, -0.1) is 0 Å². The average Bonchev–Trinajstić information content (AvgIpc) is 3.50. The molecule has 0 amide bonds. The number of methoxy groups -OCH3 is 1. The number of H-pyrrole nitrogens is 1. The first-order valence-corrected chi connectivity index (χ1v) is 10.6. The van der Waals surface area contributed by atoms with Gasteiger partial charge in [0.1, 0.15) is 12.1 Å². The van der Waals surface area contributed by atoms with Crippen molar-refractivity contribution in [3.8, 4) is 34.0 Å². The van der Waals surface area contributed by atoms with Crippen LogP contribution in [0, 0.1) is 0 Å². The minimum atomic E-state index is -0.626. The smallest absolute Gasteiger partial charge is 0.439 e. The van der Waals surface area contributed by atoms with Gasteiger partial charge < -0.3 is 9.47 Å². The van der Waals surface area contributed by atoms with Gasteiger partial charge in [-0.25, -0.2) is 14.6 Å². The third-order valence-electron chi connectivity index (χ3n) is 5.43. The van der Waals surface area contributed by atoms with E-state index >= 15 is 0 Å². The molecule has 0 aliphatic rings. The van der Waals surface area contributed by atoms with Crippen LogP contribution in [0.25, 0.3) is 39.2 Å². The Balaban J connectivity index is 1.68. The largest absolute Gasteiger partial charge is 0.493 e. The molecule has 0 aliphatic carbocycles. The van der Waals surface area contributed by atoms with Crippen LogP contribution in [-0.2, 0) is 4.74 Å². The molecule has 0 fully saturated rings. The topological polar surface area (TPSA) is 112 Å². The number of nitrogens with zero attached hydrogens (tertiary/aromatic N) is 3. The number of aromatic amines is 1. The normalized spacial score (nSPS) is 11.0. The van der Waals surface area contributed by atoms with Crippen molar-refractivity contribution in [3.63, 3.8) is 0 Å². The molecule has 2 aromatic heterocycles. The third-order valence-corrected chi connectivity index (χ3v) is 5.43. The van der Waals surface area contributed by atoms with Crippen LogP contribution in [0.4, 0.5) is 0 Å². The van der Waals surface area contributed by atoms with Crippen molar-refractivity contribution in [1.29, 1.82) is 0 Å². The zero-order chi connectivity index (χ0) is 23.7. The van der Waals surface area contributed by atoms with Crippen LogP contribution in [0.1, 0.15) is 17.3 Å². The highest BCUT2D eigenvalue weighted by Gasteiger charge is 2.19. The van der Waals surface area contributed by atoms with E-state index < -0.39 is 11.7 Å². The van der Waals surface area contributed by atoms with Gasteiger partial charge in [-0.1, -0.05) is 35.5 Å². The van der Waals surface area contributed by atoms with Gasteiger partial charge in [0.25, 0.3) is 0 Å². The summed E-state index contributed by atoms with van der Waals surface area (Å²) in [6.45, 7) is 2.34. The van der Waals surface area contributed by atoms with Gasteiger partial charge >= 0.3 is 11.7 Å². The van der Waals surface area contributed by atoms with Crippen molar-refractivity contribution in [2.75, 3.05) is 13.7 Å². The van der Waals surface area contributed by atoms with Crippen molar-refractivity contribution >= 4 is 17.0 Å². The van der Waals surface area contributed by atoms with Gasteiger partial charge in [-0.3, -0.25) is 14.1 Å². The Morgan fingerprint density at radius 3 is 2.62 bits per heavy atom. The molecular formula is C25H20N4O5. The summed E-state index contributed by atoms with van der Waals surface area (Å²) < 4.78 is 17.5. The van der Waals surface area contributed by atoms with Gasteiger partial charge in [0.05, 0.1) is 36.0 Å². The van der Waals surface area contributed by atoms with Crippen molar-refractivity contribution in [2.24, 2.45) is 0 Å². The number of fused-ring (bicyclic) bond motifs is 1. The molecule has 0 aliphatic heterocycles. The molecule has 5 aromatic rings. The van der Waals surface area contributed by atoms with Crippen molar-refractivity contribution in [1.82, 2.24) is 19.7 Å². The van der Waals surface area contributed by atoms with E-state index in [-0.39, 0.29) is 0 Å². The number of benzene rings is 3. The third kappa shape index (κ3) is 3.62. The predicted octanol–water partition coefficient (Wildman–Crippen LogP) is 4.22. The fourth-order valence-electron chi connectivity index (χ4n) is 3.97. The number of nitrogens with one attached hydrogen (secondary N) is 1. The van der Waals surface area contributed by atoms with Crippen LogP contribution < -0.4 is 10.5 Å². The molecular weight excluding hydrogens is 436 g/mol. The zero-order valence-electron chi connectivity index (χ0n) is 18.4. The quantitative estimate of drug-likeness (QED) is 0.381. The van der Waals surface area contributed by atoms with Gasteiger partial charge in [0, 0.05) is 17.2 Å². The number of imidazole rings is 1. The summed E-state index contributed by atoms with van der Waals surface area (Å²) in [5.41, 5.74) is 4.81. The monoisotopic (exact) mass is 456 g/mol. The first-order chi connectivity index (χ1) is 16.6. The van der Waals surface area contributed by atoms with Crippen LogP contribution in [0.5, 0.6) is 5.75 Å². The molecule has 0 spiro atoms. The summed E-state index contributed by atoms with van der Waals surface area (Å²) in [7, 11) is 1.35. The molecule has 1 N–H and O–H groups in total. The molecule has 0 saturated heterocycles. The molecule has 0 radical (unpaired) electrons. The van der Waals surface area contributed by atoms with E-state index in [0.717, 1.165) is 16.8 Å². The van der Waals surface area contributed by atoms with E-state index in [9.17, 15) is 9.59 Å². The van der Waals surface area contributed by atoms with Gasteiger partial charge in [-0.2, -0.15) is 0 Å². The van der Waals surface area contributed by atoms with Crippen LogP contribution in [0.15, 0.2) is 76.3 Å². The first-order valence-electron chi connectivity index (χ1n) is 10.6. The highest BCUT2D eigenvalue weighted by atomic mass is 16.5. The van der Waals surface area contributed by atoms with E-state index in [4.69, 9.17) is 14.0 Å². The summed E-state index contributed by atoms with van der Waals surface area (Å²) in [6.07, 6.45) is 1.66. The second-order valence-electron chi connectivity index (χ2n) is 7.38. The fraction of sp³-hybridized carbons (Fsp3) is 0.120. The lowest BCUT2D eigenvalue weighted by atomic mass is 9.98. The van der Waals surface area contributed by atoms with E-state index in [1.165, 1.54) is 7.11 Å². The van der Waals surface area contributed by atoms with E-state index in [2.05, 4.69) is 15.1 Å². The second kappa shape index (κ2) is 8.70. The average molecular weight is 456 g/mol. The maximum Gasteiger partial charge on any atom is 0.439 e. The lowest BCUT2D eigenvalue weighted by molar-refractivity contribution is 0.0602. The number of hydrogen-bond acceptors (Lipinski definition) is 7. The highest BCUT2D eigenvalue weighted by molar-refractivity contribution is 6.02. The van der Waals surface area contributed by atoms with Gasteiger partial charge in [0.15, 0.2) is 5.82 Å². The van der Waals surface area contributed by atoms with Crippen molar-refractivity contribution in [3.05, 3.63) is 83.1 Å². The standard InChI is InChI=1S/C25H20N4O5/c1-3-33-21-13-15(29-14-26-20-10-6-9-19(22(20)29)24(30)32-2)11-12-17(21)16-7-4-5-8-18(16)23-27-25(31)34-28-23/h4-14H,3H2,1-2H3,(H,27,28,31). The summed E-state index contributed by atoms with van der Waals surface area (Å²) in [6, 6.07) is 18.5. The van der Waals surface area contributed by atoms with E-state index in [1.54, 1.807) is 18.5 Å². The van der Waals surface area contributed by atoms with E-state index in [1.807, 2.05) is 60.0 Å². The minimum Gasteiger partial charge on any atom is -0.493 e. The van der Waals surface area contributed by atoms with Crippen molar-refractivity contribution < 1.29 is 18.8 Å². The Bertz CT molecular complexity index is 1560. The van der Waals surface area contributed by atoms with Gasteiger partial charge in [0.2, 0.25) is 0 Å². The summed E-state index contributed by atoms with van der Waals surface area (Å²) in [5.74, 6) is -0.116.